The maximum Gasteiger partial charge on any atom is 0.573 e. The van der Waals surface area contributed by atoms with Gasteiger partial charge in [0.15, 0.2) is 0 Å². The molecule has 0 aliphatic rings. The van der Waals surface area contributed by atoms with E-state index in [0.29, 0.717) is 0 Å². The number of benzene rings is 1. The number of alkyl halides is 3. The molecule has 0 heterocycles. The summed E-state index contributed by atoms with van der Waals surface area (Å²) in [6.07, 6.45) is -5.14. The minimum Gasteiger partial charge on any atom is -0.491 e. The van der Waals surface area contributed by atoms with E-state index in [2.05, 4.69) is 4.74 Å². The summed E-state index contributed by atoms with van der Waals surface area (Å²) in [5.41, 5.74) is -0.386. The molecule has 2 N–H and O–H groups in total. The van der Waals surface area contributed by atoms with Crippen LogP contribution in [0.2, 0.25) is 0 Å². The lowest BCUT2D eigenvalue weighted by Crippen LogP contribution is -2.33. The first kappa shape index (κ1) is 14.7. The third-order valence-electron chi connectivity index (χ3n) is 1.86. The molecule has 0 unspecified atom stereocenters. The summed E-state index contributed by atoms with van der Waals surface area (Å²) >= 11 is 0. The molecule has 0 saturated carbocycles. The highest BCUT2D eigenvalue weighted by Crippen LogP contribution is 2.25. The Hall–Kier alpha value is -1.41. The van der Waals surface area contributed by atoms with Gasteiger partial charge in [0, 0.05) is 11.5 Å². The van der Waals surface area contributed by atoms with Gasteiger partial charge in [0.1, 0.15) is 11.5 Å². The van der Waals surface area contributed by atoms with Crippen molar-refractivity contribution >= 4 is 12.6 Å². The Morgan fingerprint density at radius 2 is 1.83 bits per heavy atom. The van der Waals surface area contributed by atoms with E-state index in [1.807, 2.05) is 0 Å². The molecule has 1 rings (SSSR count). The first-order valence-corrected chi connectivity index (χ1v) is 5.11. The van der Waals surface area contributed by atoms with Crippen LogP contribution in [0.5, 0.6) is 11.5 Å². The van der Waals surface area contributed by atoms with Crippen LogP contribution in [0.15, 0.2) is 18.2 Å². The van der Waals surface area contributed by atoms with Gasteiger partial charge in [-0.25, -0.2) is 0 Å². The van der Waals surface area contributed by atoms with E-state index >= 15 is 0 Å². The van der Waals surface area contributed by atoms with E-state index in [1.54, 1.807) is 13.8 Å². The summed E-state index contributed by atoms with van der Waals surface area (Å²) in [4.78, 5) is 0. The Bertz CT molecular complexity index is 407. The highest BCUT2D eigenvalue weighted by atomic mass is 19.4. The summed E-state index contributed by atoms with van der Waals surface area (Å²) in [6.45, 7) is 3.41. The fraction of sp³-hybridized carbons (Fsp3) is 0.400. The summed E-state index contributed by atoms with van der Waals surface area (Å²) in [7, 11) is -2.06. The number of hydrogen-bond acceptors (Lipinski definition) is 4. The molecule has 0 radical (unpaired) electrons. The lowest BCUT2D eigenvalue weighted by atomic mass is 9.79. The maximum absolute atomic E-state index is 12.2. The molecule has 18 heavy (non-hydrogen) atoms. The number of ether oxygens (including phenoxy) is 2. The van der Waals surface area contributed by atoms with Crippen molar-refractivity contribution in [2.45, 2.75) is 26.3 Å². The molecule has 8 heteroatoms. The van der Waals surface area contributed by atoms with Crippen LogP contribution >= 0.6 is 0 Å². The second-order valence-electron chi connectivity index (χ2n) is 3.79. The van der Waals surface area contributed by atoms with Gasteiger partial charge >= 0.3 is 13.5 Å². The molecule has 0 bridgehead atoms. The average molecular weight is 264 g/mol. The maximum atomic E-state index is 12.2. The second-order valence-corrected chi connectivity index (χ2v) is 3.79. The Morgan fingerprint density at radius 3 is 2.28 bits per heavy atom. The predicted molar refractivity (Wildman–Crippen MR) is 58.7 cm³/mol. The zero-order chi connectivity index (χ0) is 13.9. The van der Waals surface area contributed by atoms with Crippen LogP contribution < -0.4 is 14.9 Å². The van der Waals surface area contributed by atoms with Gasteiger partial charge in [-0.15, -0.1) is 13.2 Å². The predicted octanol–water partition coefficient (Wildman–Crippen LogP) is 1.05. The van der Waals surface area contributed by atoms with Crippen molar-refractivity contribution in [1.82, 2.24) is 0 Å². The minimum atomic E-state index is -4.92. The van der Waals surface area contributed by atoms with Crippen molar-refractivity contribution in [2.24, 2.45) is 0 Å². The molecule has 0 amide bonds. The van der Waals surface area contributed by atoms with E-state index in [-0.39, 0.29) is 17.3 Å². The molecule has 1 aromatic carbocycles. The van der Waals surface area contributed by atoms with Crippen molar-refractivity contribution in [1.29, 1.82) is 0 Å². The van der Waals surface area contributed by atoms with Crippen molar-refractivity contribution in [2.75, 3.05) is 0 Å². The molecule has 100 valence electrons. The number of halogens is 3. The molecule has 0 aliphatic heterocycles. The Labute approximate surface area is 102 Å². The van der Waals surface area contributed by atoms with Crippen LogP contribution in [-0.4, -0.2) is 29.6 Å². The minimum absolute atomic E-state index is 0.147. The van der Waals surface area contributed by atoms with Crippen LogP contribution in [0.1, 0.15) is 13.8 Å². The third kappa shape index (κ3) is 4.46. The Balaban J connectivity index is 3.07. The molecule has 0 saturated heterocycles. The second kappa shape index (κ2) is 5.49. The molecule has 0 fully saturated rings. The van der Waals surface area contributed by atoms with Gasteiger partial charge < -0.3 is 19.5 Å². The van der Waals surface area contributed by atoms with Gasteiger partial charge in [-0.2, -0.15) is 0 Å². The Kier molecular flexibility index (Phi) is 4.47. The highest BCUT2D eigenvalue weighted by molar-refractivity contribution is 6.59. The normalized spacial score (nSPS) is 11.6. The smallest absolute Gasteiger partial charge is 0.491 e. The lowest BCUT2D eigenvalue weighted by Gasteiger charge is -2.15. The van der Waals surface area contributed by atoms with Crippen molar-refractivity contribution in [3.8, 4) is 11.5 Å². The van der Waals surface area contributed by atoms with E-state index in [4.69, 9.17) is 14.8 Å². The number of hydrogen-bond donors (Lipinski definition) is 2. The quantitative estimate of drug-likeness (QED) is 0.798. The fourth-order valence-corrected chi connectivity index (χ4v) is 1.29. The summed E-state index contributed by atoms with van der Waals surface area (Å²) < 4.78 is 45.4. The molecule has 1 aromatic rings. The number of rotatable bonds is 4. The highest BCUT2D eigenvalue weighted by Gasteiger charge is 2.33. The standard InChI is InChI=1S/C10H12BF3O4/c1-6(2)17-7-3-4-8(11(15)16)9(5-7)18-10(12,13)14/h3-6,15-16H,1-2H3. The van der Waals surface area contributed by atoms with Crippen LogP contribution in [0.4, 0.5) is 13.2 Å². The average Bonchev–Trinajstić information content (AvgIpc) is 2.13. The first-order chi connectivity index (χ1) is 8.19. The first-order valence-electron chi connectivity index (χ1n) is 5.11. The van der Waals surface area contributed by atoms with Crippen molar-refractivity contribution < 1.29 is 32.7 Å². The topological polar surface area (TPSA) is 58.9 Å². The van der Waals surface area contributed by atoms with Gasteiger partial charge in [0.2, 0.25) is 0 Å². The Morgan fingerprint density at radius 1 is 1.22 bits per heavy atom. The SMILES string of the molecule is CC(C)Oc1ccc(B(O)O)c(OC(F)(F)F)c1. The van der Waals surface area contributed by atoms with Gasteiger partial charge in [0.05, 0.1) is 6.10 Å². The van der Waals surface area contributed by atoms with E-state index in [9.17, 15) is 13.2 Å². The molecule has 4 nitrogen and oxygen atoms in total. The van der Waals surface area contributed by atoms with Crippen LogP contribution in [0.25, 0.3) is 0 Å². The molecular formula is C10H12BF3O4. The van der Waals surface area contributed by atoms with Gasteiger partial charge in [-0.1, -0.05) is 6.07 Å². The van der Waals surface area contributed by atoms with Crippen LogP contribution in [0.3, 0.4) is 0 Å². The van der Waals surface area contributed by atoms with E-state index < -0.39 is 19.2 Å². The van der Waals surface area contributed by atoms with Gasteiger partial charge in [-0.3, -0.25) is 0 Å². The van der Waals surface area contributed by atoms with Crippen LogP contribution in [-0.2, 0) is 0 Å². The van der Waals surface area contributed by atoms with E-state index in [0.717, 1.165) is 12.1 Å². The van der Waals surface area contributed by atoms with Crippen LogP contribution in [0, 0.1) is 0 Å². The van der Waals surface area contributed by atoms with Crippen molar-refractivity contribution in [3.05, 3.63) is 18.2 Å². The summed E-state index contributed by atoms with van der Waals surface area (Å²) in [5.74, 6) is -0.552. The summed E-state index contributed by atoms with van der Waals surface area (Å²) in [6, 6.07) is 3.39. The zero-order valence-electron chi connectivity index (χ0n) is 9.73. The lowest BCUT2D eigenvalue weighted by molar-refractivity contribution is -0.274. The third-order valence-corrected chi connectivity index (χ3v) is 1.86. The molecule has 0 aliphatic carbocycles. The fourth-order valence-electron chi connectivity index (χ4n) is 1.29. The summed E-state index contributed by atoms with van der Waals surface area (Å²) in [5, 5.41) is 17.9. The molecule has 0 atom stereocenters. The monoisotopic (exact) mass is 264 g/mol. The molecule has 0 aromatic heterocycles. The molecular weight excluding hydrogens is 252 g/mol. The van der Waals surface area contributed by atoms with Gasteiger partial charge in [0.25, 0.3) is 0 Å². The van der Waals surface area contributed by atoms with E-state index in [1.165, 1.54) is 6.07 Å². The zero-order valence-corrected chi connectivity index (χ0v) is 9.73. The van der Waals surface area contributed by atoms with Crippen molar-refractivity contribution in [3.63, 3.8) is 0 Å². The molecule has 0 spiro atoms. The largest absolute Gasteiger partial charge is 0.573 e. The van der Waals surface area contributed by atoms with Gasteiger partial charge in [-0.05, 0) is 19.9 Å².